The first-order chi connectivity index (χ1) is 15.7. The molecule has 192 valence electrons. The summed E-state index contributed by atoms with van der Waals surface area (Å²) < 4.78 is 10.8. The van der Waals surface area contributed by atoms with Gasteiger partial charge in [-0.15, -0.1) is 0 Å². The topological polar surface area (TPSA) is 97.0 Å². The van der Waals surface area contributed by atoms with Crippen molar-refractivity contribution in [2.75, 3.05) is 13.1 Å². The maximum Gasteiger partial charge on any atom is 0.410 e. The van der Waals surface area contributed by atoms with E-state index in [9.17, 15) is 14.4 Å². The average molecular weight is 498 g/mol. The van der Waals surface area contributed by atoms with E-state index >= 15 is 0 Å². The molecule has 0 saturated carbocycles. The van der Waals surface area contributed by atoms with E-state index in [4.69, 9.17) is 21.1 Å². The van der Waals surface area contributed by atoms with Crippen molar-refractivity contribution in [3.05, 3.63) is 34.9 Å². The van der Waals surface area contributed by atoms with Crippen LogP contribution in [0.2, 0.25) is 5.02 Å². The average Bonchev–Trinajstić information content (AvgIpc) is 2.72. The highest BCUT2D eigenvalue weighted by molar-refractivity contribution is 6.30. The monoisotopic (exact) mass is 497 g/mol. The molecule has 1 aromatic carbocycles. The van der Waals surface area contributed by atoms with Crippen molar-refractivity contribution in [3.8, 4) is 0 Å². The van der Waals surface area contributed by atoms with Gasteiger partial charge in [-0.3, -0.25) is 4.79 Å². The number of carbonyl (C=O) groups is 3. The van der Waals surface area contributed by atoms with Gasteiger partial charge in [-0.05, 0) is 72.1 Å². The zero-order chi connectivity index (χ0) is 26.2. The van der Waals surface area contributed by atoms with E-state index < -0.39 is 28.9 Å². The summed E-state index contributed by atoms with van der Waals surface area (Å²) in [7, 11) is 0. The third-order valence-corrected chi connectivity index (χ3v) is 5.06. The molecular formula is C25H40ClN3O5. The summed E-state index contributed by atoms with van der Waals surface area (Å²) in [5.74, 6) is -0.331. The second kappa shape index (κ2) is 12.3. The zero-order valence-electron chi connectivity index (χ0n) is 21.7. The molecule has 9 heteroatoms. The van der Waals surface area contributed by atoms with Crippen molar-refractivity contribution in [1.29, 1.82) is 0 Å². The Balaban J connectivity index is 0.00000281. The Morgan fingerprint density at radius 2 is 1.44 bits per heavy atom. The minimum Gasteiger partial charge on any atom is -0.444 e. The highest BCUT2D eigenvalue weighted by Gasteiger charge is 2.45. The molecule has 1 heterocycles. The number of piperidine rings is 1. The normalized spacial score (nSPS) is 15.4. The van der Waals surface area contributed by atoms with Crippen LogP contribution in [0.3, 0.4) is 0 Å². The number of nitrogens with one attached hydrogen (secondary N) is 2. The summed E-state index contributed by atoms with van der Waals surface area (Å²) in [6.07, 6.45) is -0.648. The number of amides is 3. The minimum absolute atomic E-state index is 0.234. The molecule has 0 bridgehead atoms. The minimum atomic E-state index is -1.20. The lowest BCUT2D eigenvalue weighted by molar-refractivity contribution is -0.130. The van der Waals surface area contributed by atoms with Gasteiger partial charge in [-0.1, -0.05) is 37.6 Å². The molecule has 1 fully saturated rings. The molecule has 34 heavy (non-hydrogen) atoms. The van der Waals surface area contributed by atoms with Crippen LogP contribution in [0, 0.1) is 0 Å². The van der Waals surface area contributed by atoms with Gasteiger partial charge in [0.2, 0.25) is 5.91 Å². The fourth-order valence-electron chi connectivity index (χ4n) is 3.26. The molecule has 1 aromatic rings. The number of nitrogens with zero attached hydrogens (tertiary/aromatic N) is 1. The fourth-order valence-corrected chi connectivity index (χ4v) is 3.39. The van der Waals surface area contributed by atoms with Gasteiger partial charge in [0.25, 0.3) is 0 Å². The number of halogens is 1. The molecule has 1 aliphatic heterocycles. The molecule has 0 spiro atoms. The van der Waals surface area contributed by atoms with Crippen LogP contribution >= 0.6 is 11.6 Å². The number of alkyl carbamates (subject to hydrolysis) is 1. The highest BCUT2D eigenvalue weighted by Crippen LogP contribution is 2.25. The fraction of sp³-hybridized carbons (Fsp3) is 0.640. The maximum absolute atomic E-state index is 13.2. The van der Waals surface area contributed by atoms with Crippen molar-refractivity contribution >= 4 is 29.7 Å². The van der Waals surface area contributed by atoms with Crippen molar-refractivity contribution in [3.63, 3.8) is 0 Å². The van der Waals surface area contributed by atoms with Crippen molar-refractivity contribution in [1.82, 2.24) is 15.5 Å². The summed E-state index contributed by atoms with van der Waals surface area (Å²) in [6, 6.07) is 7.14. The summed E-state index contributed by atoms with van der Waals surface area (Å²) in [5.41, 5.74) is -1.65. The summed E-state index contributed by atoms with van der Waals surface area (Å²) in [6.45, 7) is 15.5. The Morgan fingerprint density at radius 3 is 1.91 bits per heavy atom. The Hall–Kier alpha value is -2.48. The third kappa shape index (κ3) is 9.79. The van der Waals surface area contributed by atoms with E-state index in [1.54, 1.807) is 58.6 Å². The number of likely N-dealkylation sites (tertiary alicyclic amines) is 1. The summed E-state index contributed by atoms with van der Waals surface area (Å²) >= 11 is 5.92. The number of ether oxygens (including phenoxy) is 2. The molecular weight excluding hydrogens is 458 g/mol. The molecule has 0 radical (unpaired) electrons. The molecule has 0 aliphatic carbocycles. The van der Waals surface area contributed by atoms with Crippen LogP contribution < -0.4 is 10.6 Å². The van der Waals surface area contributed by atoms with Crippen LogP contribution in [0.5, 0.6) is 0 Å². The predicted octanol–water partition coefficient (Wildman–Crippen LogP) is 5.28. The predicted molar refractivity (Wildman–Crippen MR) is 134 cm³/mol. The van der Waals surface area contributed by atoms with E-state index in [2.05, 4.69) is 10.6 Å². The van der Waals surface area contributed by atoms with Gasteiger partial charge in [-0.25, -0.2) is 9.59 Å². The van der Waals surface area contributed by atoms with Gasteiger partial charge < -0.3 is 25.0 Å². The molecule has 3 amide bonds. The first-order valence-corrected chi connectivity index (χ1v) is 12.1. The van der Waals surface area contributed by atoms with E-state index in [1.807, 2.05) is 26.0 Å². The second-order valence-corrected chi connectivity index (χ2v) is 10.4. The van der Waals surface area contributed by atoms with Crippen LogP contribution in [-0.2, 0) is 20.8 Å². The molecule has 2 N–H and O–H groups in total. The Labute approximate surface area is 208 Å². The number of hydrogen-bond acceptors (Lipinski definition) is 5. The smallest absolute Gasteiger partial charge is 0.410 e. The van der Waals surface area contributed by atoms with Crippen LogP contribution in [0.4, 0.5) is 9.59 Å². The molecule has 0 atom stereocenters. The molecule has 1 saturated heterocycles. The largest absolute Gasteiger partial charge is 0.444 e. The van der Waals surface area contributed by atoms with Crippen LogP contribution in [0.15, 0.2) is 24.3 Å². The summed E-state index contributed by atoms with van der Waals surface area (Å²) in [5, 5.41) is 6.27. The number of hydrogen-bond donors (Lipinski definition) is 2. The van der Waals surface area contributed by atoms with Crippen molar-refractivity contribution in [2.24, 2.45) is 0 Å². The molecule has 0 aromatic heterocycles. The molecule has 0 unspecified atom stereocenters. The van der Waals surface area contributed by atoms with Crippen LogP contribution in [0.25, 0.3) is 0 Å². The van der Waals surface area contributed by atoms with Gasteiger partial charge in [0.1, 0.15) is 16.7 Å². The zero-order valence-corrected chi connectivity index (χ0v) is 22.5. The quantitative estimate of drug-likeness (QED) is 0.590. The van der Waals surface area contributed by atoms with Gasteiger partial charge >= 0.3 is 12.2 Å². The molecule has 8 nitrogen and oxygen atoms in total. The van der Waals surface area contributed by atoms with Crippen LogP contribution in [-0.4, -0.2) is 52.8 Å². The van der Waals surface area contributed by atoms with Gasteiger partial charge in [0.05, 0.1) is 0 Å². The first kappa shape index (κ1) is 29.6. The maximum atomic E-state index is 13.2. The lowest BCUT2D eigenvalue weighted by Gasteiger charge is -2.41. The van der Waals surface area contributed by atoms with Gasteiger partial charge in [0.15, 0.2) is 0 Å². The lowest BCUT2D eigenvalue weighted by atomic mass is 9.86. The van der Waals surface area contributed by atoms with E-state index in [0.29, 0.717) is 5.02 Å². The Morgan fingerprint density at radius 1 is 0.941 bits per heavy atom. The standard InChI is InChI=1S/C23H34ClN3O5.C2H6/c1-21(2,3)31-19(29)26-23(18(28)25-15-16-7-9-17(24)10-8-16)11-13-27(14-12-23)20(30)32-22(4,5)6;1-2/h7-10H,11-15H2,1-6H3,(H,25,28)(H,26,29);1-2H3. The van der Waals surface area contributed by atoms with Gasteiger partial charge in [-0.2, -0.15) is 0 Å². The van der Waals surface area contributed by atoms with E-state index in [1.165, 1.54) is 0 Å². The third-order valence-electron chi connectivity index (χ3n) is 4.81. The van der Waals surface area contributed by atoms with Crippen LogP contribution in [0.1, 0.15) is 73.8 Å². The van der Waals surface area contributed by atoms with Crippen molar-refractivity contribution < 1.29 is 23.9 Å². The SMILES string of the molecule is CC.CC(C)(C)OC(=O)NC1(C(=O)NCc2ccc(Cl)cc2)CCN(C(=O)OC(C)(C)C)CC1. The van der Waals surface area contributed by atoms with Crippen molar-refractivity contribution in [2.45, 2.75) is 91.5 Å². The molecule has 1 aliphatic rings. The first-order valence-electron chi connectivity index (χ1n) is 11.7. The van der Waals surface area contributed by atoms with Gasteiger partial charge in [0, 0.05) is 24.7 Å². The summed E-state index contributed by atoms with van der Waals surface area (Å²) in [4.78, 5) is 39.7. The number of carbonyl (C=O) groups excluding carboxylic acids is 3. The van der Waals surface area contributed by atoms with E-state index in [0.717, 1.165) is 5.56 Å². The second-order valence-electron chi connectivity index (χ2n) is 9.99. The van der Waals surface area contributed by atoms with E-state index in [-0.39, 0.29) is 38.4 Å². The lowest BCUT2D eigenvalue weighted by Crippen LogP contribution is -2.64. The highest BCUT2D eigenvalue weighted by atomic mass is 35.5. The Kier molecular flexibility index (Phi) is 10.7. The Bertz CT molecular complexity index is 820. The molecule has 2 rings (SSSR count). The number of benzene rings is 1. The number of rotatable bonds is 4.